The van der Waals surface area contributed by atoms with Crippen LogP contribution in [0.5, 0.6) is 0 Å². The number of nitrogens with two attached hydrogens (primary N) is 1. The van der Waals surface area contributed by atoms with Crippen molar-refractivity contribution in [1.82, 2.24) is 9.88 Å². The third kappa shape index (κ3) is 3.46. The summed E-state index contributed by atoms with van der Waals surface area (Å²) < 4.78 is 5.00. The first-order valence-corrected chi connectivity index (χ1v) is 5.87. The summed E-state index contributed by atoms with van der Waals surface area (Å²) in [6.07, 6.45) is 0.290. The lowest BCUT2D eigenvalue weighted by Gasteiger charge is -2.23. The fourth-order valence-electron chi connectivity index (χ4n) is 1.28. The summed E-state index contributed by atoms with van der Waals surface area (Å²) in [7, 11) is 3.39. The molecule has 0 spiro atoms. The van der Waals surface area contributed by atoms with Gasteiger partial charge in [0.25, 0.3) is 0 Å². The Hall–Kier alpha value is -1.14. The minimum absolute atomic E-state index is 0.0230. The highest BCUT2D eigenvalue weighted by atomic mass is 32.1. The van der Waals surface area contributed by atoms with E-state index >= 15 is 0 Å². The molecule has 0 aliphatic carbocycles. The number of ether oxygens (including phenoxy) is 1. The zero-order valence-corrected chi connectivity index (χ0v) is 10.6. The van der Waals surface area contributed by atoms with Crippen molar-refractivity contribution >= 4 is 22.4 Å². The second kappa shape index (κ2) is 5.81. The Labute approximate surface area is 99.2 Å². The molecule has 2 N–H and O–H groups in total. The average Bonchev–Trinajstić information content (AvgIpc) is 2.63. The molecule has 0 aliphatic heterocycles. The van der Waals surface area contributed by atoms with Crippen LogP contribution in [0.15, 0.2) is 5.38 Å². The van der Waals surface area contributed by atoms with Crippen LogP contribution in [0.4, 0.5) is 5.13 Å². The molecule has 1 heterocycles. The minimum Gasteiger partial charge on any atom is -0.383 e. The molecule has 1 rings (SSSR count). The SMILES string of the molecule is COCC(C)N(C)C(=O)Cc1csc(N)n1. The van der Waals surface area contributed by atoms with Crippen LogP contribution in [0.3, 0.4) is 0 Å². The van der Waals surface area contributed by atoms with Gasteiger partial charge in [-0.1, -0.05) is 0 Å². The summed E-state index contributed by atoms with van der Waals surface area (Å²) in [5.41, 5.74) is 6.23. The molecule has 0 radical (unpaired) electrons. The van der Waals surface area contributed by atoms with Crippen LogP contribution >= 0.6 is 11.3 Å². The van der Waals surface area contributed by atoms with E-state index < -0.39 is 0 Å². The van der Waals surface area contributed by atoms with E-state index in [9.17, 15) is 4.79 Å². The first-order chi connectivity index (χ1) is 7.54. The van der Waals surface area contributed by atoms with Gasteiger partial charge in [-0.3, -0.25) is 4.79 Å². The van der Waals surface area contributed by atoms with Crippen LogP contribution in [0.25, 0.3) is 0 Å². The minimum atomic E-state index is 0.0230. The maximum atomic E-state index is 11.8. The lowest BCUT2D eigenvalue weighted by molar-refractivity contribution is -0.131. The van der Waals surface area contributed by atoms with E-state index in [-0.39, 0.29) is 18.4 Å². The van der Waals surface area contributed by atoms with Gasteiger partial charge >= 0.3 is 0 Å². The number of carbonyl (C=O) groups is 1. The standard InChI is InChI=1S/C10H17N3O2S/c1-7(5-15-3)13(2)9(14)4-8-6-16-10(11)12-8/h6-7H,4-5H2,1-3H3,(H2,11,12). The molecule has 0 bridgehead atoms. The predicted octanol–water partition coefficient (Wildman–Crippen LogP) is 0.761. The number of anilines is 1. The predicted molar refractivity (Wildman–Crippen MR) is 64.3 cm³/mol. The van der Waals surface area contributed by atoms with Crippen molar-refractivity contribution in [2.24, 2.45) is 0 Å². The van der Waals surface area contributed by atoms with Crippen LogP contribution in [-0.2, 0) is 16.0 Å². The molecule has 0 saturated carbocycles. The van der Waals surface area contributed by atoms with Crippen molar-refractivity contribution in [3.63, 3.8) is 0 Å². The van der Waals surface area contributed by atoms with Gasteiger partial charge < -0.3 is 15.4 Å². The van der Waals surface area contributed by atoms with E-state index in [1.807, 2.05) is 12.3 Å². The summed E-state index contributed by atoms with van der Waals surface area (Å²) in [6, 6.07) is 0.0634. The first kappa shape index (κ1) is 12.9. The van der Waals surface area contributed by atoms with Gasteiger partial charge in [-0.05, 0) is 6.92 Å². The van der Waals surface area contributed by atoms with Gasteiger partial charge in [0, 0.05) is 19.5 Å². The molecular formula is C10H17N3O2S. The van der Waals surface area contributed by atoms with Gasteiger partial charge in [-0.2, -0.15) is 0 Å². The fraction of sp³-hybridized carbons (Fsp3) is 0.600. The molecule has 90 valence electrons. The highest BCUT2D eigenvalue weighted by molar-refractivity contribution is 7.13. The third-order valence-electron chi connectivity index (χ3n) is 2.36. The number of likely N-dealkylation sites (N-methyl/N-ethyl adjacent to an activating group) is 1. The van der Waals surface area contributed by atoms with Gasteiger partial charge in [-0.15, -0.1) is 11.3 Å². The molecule has 0 saturated heterocycles. The van der Waals surface area contributed by atoms with E-state index in [4.69, 9.17) is 10.5 Å². The number of hydrogen-bond acceptors (Lipinski definition) is 5. The second-order valence-corrected chi connectivity index (χ2v) is 4.55. The quantitative estimate of drug-likeness (QED) is 0.829. The molecule has 6 heteroatoms. The van der Waals surface area contributed by atoms with Crippen LogP contribution < -0.4 is 5.73 Å². The number of hydrogen-bond donors (Lipinski definition) is 1. The van der Waals surface area contributed by atoms with Crippen LogP contribution in [-0.4, -0.2) is 42.6 Å². The number of amides is 1. The highest BCUT2D eigenvalue weighted by Gasteiger charge is 2.16. The lowest BCUT2D eigenvalue weighted by Crippen LogP contribution is -2.38. The molecule has 0 aromatic carbocycles. The fourth-order valence-corrected chi connectivity index (χ4v) is 1.85. The maximum absolute atomic E-state index is 11.8. The number of carbonyl (C=O) groups excluding carboxylic acids is 1. The van der Waals surface area contributed by atoms with E-state index in [2.05, 4.69) is 4.98 Å². The zero-order chi connectivity index (χ0) is 12.1. The number of aromatic nitrogens is 1. The Morgan fingerprint density at radius 1 is 1.75 bits per heavy atom. The number of rotatable bonds is 5. The number of nitrogens with zero attached hydrogens (tertiary/aromatic N) is 2. The molecule has 1 atom stereocenters. The Bertz CT molecular complexity index is 354. The second-order valence-electron chi connectivity index (χ2n) is 3.66. The van der Waals surface area contributed by atoms with Crippen LogP contribution in [0.2, 0.25) is 0 Å². The Morgan fingerprint density at radius 2 is 2.44 bits per heavy atom. The van der Waals surface area contributed by atoms with Crippen molar-refractivity contribution in [2.75, 3.05) is 26.5 Å². The van der Waals surface area contributed by atoms with E-state index in [0.717, 1.165) is 5.69 Å². The molecule has 0 aliphatic rings. The van der Waals surface area contributed by atoms with Gasteiger partial charge in [0.05, 0.1) is 24.8 Å². The molecule has 0 fully saturated rings. The number of methoxy groups -OCH3 is 1. The Balaban J connectivity index is 2.51. The summed E-state index contributed by atoms with van der Waals surface area (Å²) >= 11 is 1.35. The largest absolute Gasteiger partial charge is 0.383 e. The van der Waals surface area contributed by atoms with Crippen LogP contribution in [0.1, 0.15) is 12.6 Å². The first-order valence-electron chi connectivity index (χ1n) is 4.99. The van der Waals surface area contributed by atoms with Gasteiger partial charge in [-0.25, -0.2) is 4.98 Å². The Kier molecular flexibility index (Phi) is 4.70. The van der Waals surface area contributed by atoms with Gasteiger partial charge in [0.1, 0.15) is 0 Å². The van der Waals surface area contributed by atoms with Crippen molar-refractivity contribution in [3.05, 3.63) is 11.1 Å². The maximum Gasteiger partial charge on any atom is 0.228 e. The van der Waals surface area contributed by atoms with Gasteiger partial charge in [0.15, 0.2) is 5.13 Å². The monoisotopic (exact) mass is 243 g/mol. The zero-order valence-electron chi connectivity index (χ0n) is 9.77. The summed E-state index contributed by atoms with van der Waals surface area (Å²) in [5.74, 6) is 0.0230. The van der Waals surface area contributed by atoms with Crippen LogP contribution in [0, 0.1) is 0 Å². The average molecular weight is 243 g/mol. The number of thiazole rings is 1. The van der Waals surface area contributed by atoms with Crippen molar-refractivity contribution in [1.29, 1.82) is 0 Å². The number of nitrogen functional groups attached to an aromatic ring is 1. The van der Waals surface area contributed by atoms with Crippen molar-refractivity contribution in [2.45, 2.75) is 19.4 Å². The van der Waals surface area contributed by atoms with E-state index in [0.29, 0.717) is 11.7 Å². The van der Waals surface area contributed by atoms with Gasteiger partial charge in [0.2, 0.25) is 5.91 Å². The third-order valence-corrected chi connectivity index (χ3v) is 3.09. The van der Waals surface area contributed by atoms with E-state index in [1.165, 1.54) is 11.3 Å². The Morgan fingerprint density at radius 3 is 2.94 bits per heavy atom. The van der Waals surface area contributed by atoms with E-state index in [1.54, 1.807) is 19.1 Å². The topological polar surface area (TPSA) is 68.5 Å². The molecule has 1 aromatic rings. The van der Waals surface area contributed by atoms with Crippen molar-refractivity contribution in [3.8, 4) is 0 Å². The molecule has 16 heavy (non-hydrogen) atoms. The molecule has 5 nitrogen and oxygen atoms in total. The molecule has 1 unspecified atom stereocenters. The summed E-state index contributed by atoms with van der Waals surface area (Å²) in [4.78, 5) is 17.6. The normalized spacial score (nSPS) is 12.4. The smallest absolute Gasteiger partial charge is 0.228 e. The molecule has 1 aromatic heterocycles. The van der Waals surface area contributed by atoms with Crippen molar-refractivity contribution < 1.29 is 9.53 Å². The highest BCUT2D eigenvalue weighted by Crippen LogP contribution is 2.12. The lowest BCUT2D eigenvalue weighted by atomic mass is 10.2. The summed E-state index contributed by atoms with van der Waals surface area (Å²) in [5, 5.41) is 2.30. The molecule has 1 amide bonds. The molecular weight excluding hydrogens is 226 g/mol. The summed E-state index contributed by atoms with van der Waals surface area (Å²) in [6.45, 7) is 2.47.